The number of halogens is 2. The molecule has 2 heterocycles. The molecule has 1 unspecified atom stereocenters. The van der Waals surface area contributed by atoms with Gasteiger partial charge < -0.3 is 0 Å². The van der Waals surface area contributed by atoms with Crippen LogP contribution < -0.4 is 0 Å². The van der Waals surface area contributed by atoms with Crippen LogP contribution in [0.2, 0.25) is 5.02 Å². The second-order valence-corrected chi connectivity index (χ2v) is 8.73. The van der Waals surface area contributed by atoms with Gasteiger partial charge in [0.25, 0.3) is 0 Å². The number of hydrogen-bond acceptors (Lipinski definition) is 3. The Kier molecular flexibility index (Phi) is 4.75. The molecule has 0 saturated carbocycles. The number of aromatic nitrogens is 2. The van der Waals surface area contributed by atoms with Crippen molar-refractivity contribution in [2.24, 2.45) is 0 Å². The number of nitrogens with zero attached hydrogens (tertiary/aromatic N) is 2. The summed E-state index contributed by atoms with van der Waals surface area (Å²) in [6.45, 7) is 0.394. The third kappa shape index (κ3) is 3.26. The summed E-state index contributed by atoms with van der Waals surface area (Å²) in [5.74, 6) is -0.370. The summed E-state index contributed by atoms with van der Waals surface area (Å²) in [6, 6.07) is 12.1. The summed E-state index contributed by atoms with van der Waals surface area (Å²) in [4.78, 5) is 0.186. The number of hydrogen-bond donors (Lipinski definition) is 1. The number of benzene rings is 2. The highest BCUT2D eigenvalue weighted by Gasteiger charge is 2.38. The number of nitrogens with one attached hydrogen (secondary N) is 1. The highest BCUT2D eigenvalue weighted by molar-refractivity contribution is 7.89. The summed E-state index contributed by atoms with van der Waals surface area (Å²) in [5, 5.41) is 7.42. The minimum absolute atomic E-state index is 0.186. The zero-order valence-corrected chi connectivity index (χ0v) is 15.8. The van der Waals surface area contributed by atoms with Crippen LogP contribution in [-0.4, -0.2) is 29.5 Å². The van der Waals surface area contributed by atoms with Gasteiger partial charge in [-0.05, 0) is 43.2 Å². The largest absolute Gasteiger partial charge is 0.280 e. The molecule has 1 aromatic heterocycles. The average Bonchev–Trinajstić information content (AvgIpc) is 3.31. The van der Waals surface area contributed by atoms with Crippen LogP contribution in [0.3, 0.4) is 0 Å². The lowest BCUT2D eigenvalue weighted by Gasteiger charge is -2.24. The molecule has 1 aliphatic heterocycles. The van der Waals surface area contributed by atoms with E-state index in [1.54, 1.807) is 36.5 Å². The first-order valence-corrected chi connectivity index (χ1v) is 10.4. The average molecular weight is 406 g/mol. The highest BCUT2D eigenvalue weighted by Crippen LogP contribution is 2.40. The molecule has 3 aromatic rings. The van der Waals surface area contributed by atoms with Crippen molar-refractivity contribution >= 4 is 21.6 Å². The quantitative estimate of drug-likeness (QED) is 0.699. The molecular weight excluding hydrogens is 389 g/mol. The maximum absolute atomic E-state index is 14.3. The van der Waals surface area contributed by atoms with E-state index >= 15 is 0 Å². The Morgan fingerprint density at radius 2 is 1.85 bits per heavy atom. The second-order valence-electron chi connectivity index (χ2n) is 6.40. The van der Waals surface area contributed by atoms with Crippen molar-refractivity contribution in [3.05, 3.63) is 71.3 Å². The molecule has 8 heteroatoms. The van der Waals surface area contributed by atoms with Crippen LogP contribution in [0.15, 0.2) is 59.6 Å². The number of aromatic amines is 1. The fourth-order valence-corrected chi connectivity index (χ4v) is 5.29. The number of sulfonamides is 1. The van der Waals surface area contributed by atoms with Crippen molar-refractivity contribution in [1.82, 2.24) is 14.5 Å². The first-order chi connectivity index (χ1) is 13.0. The van der Waals surface area contributed by atoms with E-state index in [2.05, 4.69) is 10.2 Å². The van der Waals surface area contributed by atoms with E-state index in [1.807, 2.05) is 0 Å². The van der Waals surface area contributed by atoms with Crippen molar-refractivity contribution in [3.63, 3.8) is 0 Å². The monoisotopic (exact) mass is 405 g/mol. The smallest absolute Gasteiger partial charge is 0.243 e. The lowest BCUT2D eigenvalue weighted by atomic mass is 10.0. The SMILES string of the molecule is O=S(=O)(c1ccc(Cl)cc1)N1CCCC1c1[nH]ncc1-c1ccccc1F. The maximum atomic E-state index is 14.3. The van der Waals surface area contributed by atoms with Gasteiger partial charge in [-0.1, -0.05) is 29.8 Å². The maximum Gasteiger partial charge on any atom is 0.243 e. The molecule has 5 nitrogen and oxygen atoms in total. The molecule has 0 aliphatic carbocycles. The summed E-state index contributed by atoms with van der Waals surface area (Å²) < 4.78 is 42.0. The van der Waals surface area contributed by atoms with E-state index in [0.717, 1.165) is 0 Å². The normalized spacial score (nSPS) is 18.1. The van der Waals surface area contributed by atoms with Crippen LogP contribution in [0, 0.1) is 5.82 Å². The van der Waals surface area contributed by atoms with Crippen LogP contribution >= 0.6 is 11.6 Å². The minimum Gasteiger partial charge on any atom is -0.280 e. The van der Waals surface area contributed by atoms with Crippen LogP contribution in [0.1, 0.15) is 24.6 Å². The Morgan fingerprint density at radius 3 is 2.59 bits per heavy atom. The first kappa shape index (κ1) is 18.2. The predicted molar refractivity (Wildman–Crippen MR) is 101 cm³/mol. The van der Waals surface area contributed by atoms with E-state index < -0.39 is 16.1 Å². The molecule has 4 rings (SSSR count). The zero-order chi connectivity index (χ0) is 19.0. The van der Waals surface area contributed by atoms with Gasteiger partial charge in [-0.2, -0.15) is 9.40 Å². The molecule has 0 bridgehead atoms. The van der Waals surface area contributed by atoms with Crippen LogP contribution in [0.25, 0.3) is 11.1 Å². The van der Waals surface area contributed by atoms with Gasteiger partial charge in [0.15, 0.2) is 0 Å². The molecule has 0 radical (unpaired) electrons. The molecule has 1 N–H and O–H groups in total. The molecule has 2 aromatic carbocycles. The van der Waals surface area contributed by atoms with Gasteiger partial charge in [-0.25, -0.2) is 12.8 Å². The zero-order valence-electron chi connectivity index (χ0n) is 14.3. The molecule has 27 heavy (non-hydrogen) atoms. The number of H-pyrrole nitrogens is 1. The number of rotatable bonds is 4. The van der Waals surface area contributed by atoms with Crippen molar-refractivity contribution in [3.8, 4) is 11.1 Å². The standard InChI is InChI=1S/C19H17ClFN3O2S/c20-13-7-9-14(10-8-13)27(25,26)24-11-3-6-18(24)19-16(12-22-23-19)15-4-1-2-5-17(15)21/h1-2,4-5,7-10,12,18H,3,6,11H2,(H,22,23). The summed E-state index contributed by atoms with van der Waals surface area (Å²) in [5.41, 5.74) is 1.59. The Labute approximate surface area is 161 Å². The Bertz CT molecular complexity index is 1070. The van der Waals surface area contributed by atoms with E-state index in [4.69, 9.17) is 11.6 Å². The van der Waals surface area contributed by atoms with Crippen molar-refractivity contribution in [2.75, 3.05) is 6.54 Å². The molecule has 140 valence electrons. The summed E-state index contributed by atoms with van der Waals surface area (Å²) in [6.07, 6.45) is 2.89. The Hall–Kier alpha value is -2.22. The molecule has 1 aliphatic rings. The molecule has 1 saturated heterocycles. The van der Waals surface area contributed by atoms with Gasteiger partial charge in [-0.3, -0.25) is 5.10 Å². The van der Waals surface area contributed by atoms with Gasteiger partial charge in [0.2, 0.25) is 10.0 Å². The Balaban J connectivity index is 1.74. The molecule has 1 fully saturated rings. The molecule has 0 spiro atoms. The lowest BCUT2D eigenvalue weighted by Crippen LogP contribution is -2.31. The molecule has 0 amide bonds. The third-order valence-electron chi connectivity index (χ3n) is 4.79. The molecule has 1 atom stereocenters. The fourth-order valence-electron chi connectivity index (χ4n) is 3.50. The van der Waals surface area contributed by atoms with Crippen molar-refractivity contribution < 1.29 is 12.8 Å². The minimum atomic E-state index is -3.71. The molecular formula is C19H17ClFN3O2S. The van der Waals surface area contributed by atoms with Gasteiger partial charge in [0.1, 0.15) is 5.82 Å². The van der Waals surface area contributed by atoms with Crippen LogP contribution in [-0.2, 0) is 10.0 Å². The summed E-state index contributed by atoms with van der Waals surface area (Å²) >= 11 is 5.88. The van der Waals surface area contributed by atoms with E-state index in [1.165, 1.54) is 22.5 Å². The lowest BCUT2D eigenvalue weighted by molar-refractivity contribution is 0.390. The summed E-state index contributed by atoms with van der Waals surface area (Å²) in [7, 11) is -3.71. The third-order valence-corrected chi connectivity index (χ3v) is 6.96. The topological polar surface area (TPSA) is 66.1 Å². The van der Waals surface area contributed by atoms with Crippen molar-refractivity contribution in [2.45, 2.75) is 23.8 Å². The van der Waals surface area contributed by atoms with Gasteiger partial charge >= 0.3 is 0 Å². The van der Waals surface area contributed by atoms with E-state index in [-0.39, 0.29) is 10.7 Å². The van der Waals surface area contributed by atoms with Gasteiger partial charge in [0.05, 0.1) is 22.8 Å². The van der Waals surface area contributed by atoms with Crippen LogP contribution in [0.4, 0.5) is 4.39 Å². The van der Waals surface area contributed by atoms with Crippen LogP contribution in [0.5, 0.6) is 0 Å². The fraction of sp³-hybridized carbons (Fsp3) is 0.211. The predicted octanol–water partition coefficient (Wildman–Crippen LogP) is 4.40. The van der Waals surface area contributed by atoms with Gasteiger partial charge in [0, 0.05) is 22.7 Å². The Morgan fingerprint density at radius 1 is 1.11 bits per heavy atom. The highest BCUT2D eigenvalue weighted by atomic mass is 35.5. The second kappa shape index (κ2) is 7.07. The van der Waals surface area contributed by atoms with Gasteiger partial charge in [-0.15, -0.1) is 0 Å². The van der Waals surface area contributed by atoms with Crippen molar-refractivity contribution in [1.29, 1.82) is 0 Å². The first-order valence-electron chi connectivity index (χ1n) is 8.54. The van der Waals surface area contributed by atoms with E-state index in [0.29, 0.717) is 41.2 Å². The van der Waals surface area contributed by atoms with E-state index in [9.17, 15) is 12.8 Å².